The van der Waals surface area contributed by atoms with Crippen molar-refractivity contribution in [1.29, 1.82) is 0 Å². The van der Waals surface area contributed by atoms with Gasteiger partial charge in [0.2, 0.25) is 23.6 Å². The van der Waals surface area contributed by atoms with Gasteiger partial charge in [-0.05, 0) is 74.9 Å². The number of likely N-dealkylation sites (N-methyl/N-ethyl adjacent to an activating group) is 2. The number of phenols is 1. The number of carbonyl (C=O) groups is 4. The van der Waals surface area contributed by atoms with E-state index in [1.165, 1.54) is 11.8 Å². The molecule has 1 aliphatic rings. The number of hydrogen-bond acceptors (Lipinski definition) is 8. The molecule has 1 fully saturated rings. The van der Waals surface area contributed by atoms with E-state index in [9.17, 15) is 24.3 Å². The van der Waals surface area contributed by atoms with E-state index < -0.39 is 24.2 Å². The number of thioether (sulfide) groups is 1. The highest BCUT2D eigenvalue weighted by Gasteiger charge is 2.41. The standard InChI is InChI=1S/C43H67N5O6S/c1-11-30(6)41(47(9)43(53)39(28(2)3)45-42(52)40(29(4)5)46(7)8)35(54-10)26-38(51)48-24-16-21-34(48)36(55-33-20-15-19-32(49)25-33)27-37(50)44-23-22-31-17-13-12-14-18-31/h12-15,17-20,25,28-30,34-36,39-41,49H,11,16,21-24,26-27H2,1-10H3,(H,44,50)(H,45,52). The number of hydrogen-bond donors (Lipinski definition) is 3. The summed E-state index contributed by atoms with van der Waals surface area (Å²) in [7, 11) is 7.06. The van der Waals surface area contributed by atoms with Crippen molar-refractivity contribution < 1.29 is 29.0 Å². The summed E-state index contributed by atoms with van der Waals surface area (Å²) in [4.78, 5) is 61.8. The lowest BCUT2D eigenvalue weighted by Gasteiger charge is -2.41. The first kappa shape index (κ1) is 45.8. The van der Waals surface area contributed by atoms with Gasteiger partial charge in [0, 0.05) is 49.9 Å². The van der Waals surface area contributed by atoms with E-state index in [0.29, 0.717) is 13.1 Å². The zero-order valence-corrected chi connectivity index (χ0v) is 35.6. The molecule has 0 aliphatic carbocycles. The third-order valence-electron chi connectivity index (χ3n) is 10.9. The van der Waals surface area contributed by atoms with Crippen molar-refractivity contribution in [3.63, 3.8) is 0 Å². The molecule has 11 nitrogen and oxygen atoms in total. The Kier molecular flexibility index (Phi) is 18.5. The van der Waals surface area contributed by atoms with E-state index in [0.717, 1.165) is 36.1 Å². The van der Waals surface area contributed by atoms with Gasteiger partial charge in [0.1, 0.15) is 11.8 Å². The summed E-state index contributed by atoms with van der Waals surface area (Å²) < 4.78 is 6.08. The van der Waals surface area contributed by atoms with Gasteiger partial charge in [-0.3, -0.25) is 24.1 Å². The Labute approximate surface area is 334 Å². The van der Waals surface area contributed by atoms with Crippen LogP contribution in [0.3, 0.4) is 0 Å². The number of methoxy groups -OCH3 is 1. The number of nitrogens with one attached hydrogen (secondary N) is 2. The van der Waals surface area contributed by atoms with Crippen LogP contribution in [-0.2, 0) is 30.3 Å². The van der Waals surface area contributed by atoms with E-state index in [2.05, 4.69) is 24.5 Å². The lowest BCUT2D eigenvalue weighted by molar-refractivity contribution is -0.146. The summed E-state index contributed by atoms with van der Waals surface area (Å²) >= 11 is 1.51. The second kappa shape index (κ2) is 22.2. The van der Waals surface area contributed by atoms with Crippen LogP contribution in [0.15, 0.2) is 59.5 Å². The highest BCUT2D eigenvalue weighted by Crippen LogP contribution is 2.36. The number of phenolic OH excluding ortho intramolecular Hbond substituents is 1. The molecule has 306 valence electrons. The largest absolute Gasteiger partial charge is 0.508 e. The van der Waals surface area contributed by atoms with Crippen molar-refractivity contribution in [2.75, 3.05) is 41.3 Å². The molecule has 1 heterocycles. The van der Waals surface area contributed by atoms with E-state index in [1.807, 2.05) is 88.0 Å². The number of benzene rings is 2. The predicted octanol–water partition coefficient (Wildman–Crippen LogP) is 5.60. The average Bonchev–Trinajstić information content (AvgIpc) is 3.63. The Bertz CT molecular complexity index is 1520. The number of carbonyl (C=O) groups excluding carboxylic acids is 4. The Morgan fingerprint density at radius 2 is 1.65 bits per heavy atom. The van der Waals surface area contributed by atoms with Crippen molar-refractivity contribution in [3.05, 3.63) is 60.2 Å². The molecule has 1 saturated heterocycles. The summed E-state index contributed by atoms with van der Waals surface area (Å²) in [6.07, 6.45) is 2.66. The van der Waals surface area contributed by atoms with Crippen LogP contribution < -0.4 is 10.6 Å². The Hall–Kier alpha value is -3.61. The highest BCUT2D eigenvalue weighted by atomic mass is 32.2. The summed E-state index contributed by atoms with van der Waals surface area (Å²) in [5, 5.41) is 16.1. The number of nitrogens with zero attached hydrogens (tertiary/aromatic N) is 3. The van der Waals surface area contributed by atoms with Crippen LogP contribution in [-0.4, -0.2) is 120 Å². The number of ether oxygens (including phenoxy) is 1. The van der Waals surface area contributed by atoms with Crippen LogP contribution in [0.25, 0.3) is 0 Å². The first-order valence-electron chi connectivity index (χ1n) is 19.9. The SMILES string of the molecule is CCC(C)C(C(CC(=O)N1CCCC1C(CC(=O)NCCc1ccccc1)Sc1cccc(O)c1)OC)N(C)C(=O)C(NC(=O)C(C(C)C)N(C)C)C(C)C. The molecule has 7 unspecified atom stereocenters. The molecular formula is C43H67N5O6S. The minimum absolute atomic E-state index is 0.0107. The van der Waals surface area contributed by atoms with Gasteiger partial charge < -0.3 is 30.3 Å². The molecule has 0 saturated carbocycles. The Morgan fingerprint density at radius 1 is 0.964 bits per heavy atom. The van der Waals surface area contributed by atoms with Crippen molar-refractivity contribution in [1.82, 2.24) is 25.3 Å². The normalized spacial score (nSPS) is 17.8. The van der Waals surface area contributed by atoms with Gasteiger partial charge in [0.05, 0.1) is 24.6 Å². The minimum Gasteiger partial charge on any atom is -0.508 e. The molecule has 0 aromatic heterocycles. The summed E-state index contributed by atoms with van der Waals surface area (Å²) in [6.45, 7) is 13.0. The van der Waals surface area contributed by atoms with Gasteiger partial charge in [-0.25, -0.2) is 0 Å². The lowest BCUT2D eigenvalue weighted by atomic mass is 9.89. The van der Waals surface area contributed by atoms with Gasteiger partial charge in [0.15, 0.2) is 0 Å². The van der Waals surface area contributed by atoms with E-state index in [4.69, 9.17) is 4.74 Å². The fourth-order valence-corrected chi connectivity index (χ4v) is 9.22. The average molecular weight is 782 g/mol. The fourth-order valence-electron chi connectivity index (χ4n) is 7.85. The second-order valence-electron chi connectivity index (χ2n) is 15.9. The predicted molar refractivity (Wildman–Crippen MR) is 221 cm³/mol. The second-order valence-corrected chi connectivity index (χ2v) is 17.2. The number of likely N-dealkylation sites (tertiary alicyclic amines) is 1. The summed E-state index contributed by atoms with van der Waals surface area (Å²) in [6, 6.07) is 15.2. The monoisotopic (exact) mass is 781 g/mol. The van der Waals surface area contributed by atoms with Crippen molar-refractivity contribution in [2.24, 2.45) is 17.8 Å². The van der Waals surface area contributed by atoms with Crippen LogP contribution in [0.1, 0.15) is 79.2 Å². The maximum Gasteiger partial charge on any atom is 0.245 e. The van der Waals surface area contributed by atoms with E-state index in [1.54, 1.807) is 37.3 Å². The van der Waals surface area contributed by atoms with Crippen molar-refractivity contribution >= 4 is 35.4 Å². The molecule has 2 aromatic carbocycles. The summed E-state index contributed by atoms with van der Waals surface area (Å²) in [5.41, 5.74) is 1.14. The molecule has 3 N–H and O–H groups in total. The summed E-state index contributed by atoms with van der Waals surface area (Å²) in [5.74, 6) is -0.574. The van der Waals surface area contributed by atoms with E-state index >= 15 is 0 Å². The maximum absolute atomic E-state index is 14.4. The van der Waals surface area contributed by atoms with Crippen molar-refractivity contribution in [3.8, 4) is 5.75 Å². The zero-order chi connectivity index (χ0) is 40.8. The van der Waals surface area contributed by atoms with Gasteiger partial charge in [-0.2, -0.15) is 0 Å². The highest BCUT2D eigenvalue weighted by molar-refractivity contribution is 8.00. The van der Waals surface area contributed by atoms with Crippen LogP contribution in [0, 0.1) is 17.8 Å². The first-order valence-corrected chi connectivity index (χ1v) is 20.8. The van der Waals surface area contributed by atoms with Crippen LogP contribution in [0.2, 0.25) is 0 Å². The van der Waals surface area contributed by atoms with E-state index in [-0.39, 0.29) is 71.3 Å². The molecule has 2 aromatic rings. The molecule has 1 aliphatic heterocycles. The van der Waals surface area contributed by atoms with Gasteiger partial charge in [-0.1, -0.05) is 84.4 Å². The molecule has 0 radical (unpaired) electrons. The third kappa shape index (κ3) is 13.2. The molecule has 7 atom stereocenters. The number of rotatable bonds is 21. The van der Waals surface area contributed by atoms with Crippen molar-refractivity contribution in [2.45, 2.75) is 120 Å². The maximum atomic E-state index is 14.4. The number of amides is 4. The van der Waals surface area contributed by atoms with Gasteiger partial charge in [0.25, 0.3) is 0 Å². The minimum atomic E-state index is -0.754. The van der Waals surface area contributed by atoms with Gasteiger partial charge in [-0.15, -0.1) is 11.8 Å². The quantitative estimate of drug-likeness (QED) is 0.140. The van der Waals surface area contributed by atoms with Gasteiger partial charge >= 0.3 is 0 Å². The third-order valence-corrected chi connectivity index (χ3v) is 12.2. The molecule has 0 bridgehead atoms. The molecular weight excluding hydrogens is 715 g/mol. The van der Waals surface area contributed by atoms with Crippen LogP contribution in [0.5, 0.6) is 5.75 Å². The topological polar surface area (TPSA) is 132 Å². The van der Waals surface area contributed by atoms with Crippen LogP contribution >= 0.6 is 11.8 Å². The Morgan fingerprint density at radius 3 is 2.24 bits per heavy atom. The van der Waals surface area contributed by atoms with Crippen LogP contribution in [0.4, 0.5) is 0 Å². The first-order chi connectivity index (χ1) is 26.1. The fraction of sp³-hybridized carbons (Fsp3) is 0.628. The molecule has 55 heavy (non-hydrogen) atoms. The molecule has 4 amide bonds. The smallest absolute Gasteiger partial charge is 0.245 e. The molecule has 0 spiro atoms. The number of aromatic hydroxyl groups is 1. The molecule has 12 heteroatoms. The Balaban J connectivity index is 1.82. The zero-order valence-electron chi connectivity index (χ0n) is 34.8. The lowest BCUT2D eigenvalue weighted by Crippen LogP contribution is -2.59. The molecule has 3 rings (SSSR count).